The Morgan fingerprint density at radius 2 is 1.02 bits per heavy atom. The van der Waals surface area contributed by atoms with E-state index in [9.17, 15) is 4.79 Å². The number of aromatic nitrogens is 1. The predicted molar refractivity (Wildman–Crippen MR) is 189 cm³/mol. The monoisotopic (exact) mass is 627 g/mol. The average Bonchev–Trinajstić information content (AvgIpc) is 3.15. The fourth-order valence-electron chi connectivity index (χ4n) is 6.72. The van der Waals surface area contributed by atoms with Crippen LogP contribution in [0.5, 0.6) is 0 Å². The molecule has 240 valence electrons. The molecule has 4 aromatic carbocycles. The predicted octanol–water partition coefficient (Wildman–Crippen LogP) is 3.06. The summed E-state index contributed by atoms with van der Waals surface area (Å²) in [6.07, 6.45) is 0.237. The minimum absolute atomic E-state index is 0.337. The SMILES string of the molecule is Cc1cc(N2CCOCC2)cc[n+]1OC(=O)N1CCOCC1.c1ccc([B-](c2ccccc2)(c2ccccc2)c2ccccc2)cc1. The summed E-state index contributed by atoms with van der Waals surface area (Å²) in [4.78, 5) is 21.5. The summed E-state index contributed by atoms with van der Waals surface area (Å²) in [5, 5.41) is 0. The first-order chi connectivity index (χ1) is 23.2. The van der Waals surface area contributed by atoms with Crippen molar-refractivity contribution in [1.29, 1.82) is 0 Å². The molecule has 0 unspecified atom stereocenters. The van der Waals surface area contributed by atoms with E-state index in [1.165, 1.54) is 26.6 Å². The van der Waals surface area contributed by atoms with Crippen LogP contribution in [-0.4, -0.2) is 69.7 Å². The molecule has 0 N–H and O–H groups in total. The van der Waals surface area contributed by atoms with Gasteiger partial charge >= 0.3 is 6.09 Å². The Morgan fingerprint density at radius 3 is 1.43 bits per heavy atom. The summed E-state index contributed by atoms with van der Waals surface area (Å²) in [5.74, 6) is 0. The van der Waals surface area contributed by atoms with Gasteiger partial charge in [-0.25, -0.2) is 4.79 Å². The number of nitrogens with zero attached hydrogens (tertiary/aromatic N) is 3. The number of rotatable bonds is 6. The molecule has 47 heavy (non-hydrogen) atoms. The van der Waals surface area contributed by atoms with E-state index in [-0.39, 0.29) is 6.09 Å². The van der Waals surface area contributed by atoms with Crippen LogP contribution in [0.1, 0.15) is 5.69 Å². The number of amides is 1. The molecule has 1 amide bonds. The maximum atomic E-state index is 12.1. The molecule has 2 fully saturated rings. The van der Waals surface area contributed by atoms with Gasteiger partial charge in [0.05, 0.1) is 26.4 Å². The summed E-state index contributed by atoms with van der Waals surface area (Å²) >= 11 is 0. The van der Waals surface area contributed by atoms with Gasteiger partial charge in [0.25, 0.3) is 0 Å². The number of pyridine rings is 1. The molecule has 2 aliphatic heterocycles. The van der Waals surface area contributed by atoms with Crippen LogP contribution < -0.4 is 36.3 Å². The van der Waals surface area contributed by atoms with Crippen molar-refractivity contribution in [1.82, 2.24) is 4.90 Å². The number of benzene rings is 4. The van der Waals surface area contributed by atoms with E-state index in [0.717, 1.165) is 37.7 Å². The van der Waals surface area contributed by atoms with E-state index in [4.69, 9.17) is 14.3 Å². The lowest BCUT2D eigenvalue weighted by Gasteiger charge is -2.44. The molecule has 8 heteroatoms. The fourth-order valence-corrected chi connectivity index (χ4v) is 6.72. The van der Waals surface area contributed by atoms with Crippen molar-refractivity contribution in [2.45, 2.75) is 6.92 Å². The maximum absolute atomic E-state index is 12.1. The summed E-state index contributed by atoms with van der Waals surface area (Å²) in [6, 6.07) is 47.5. The zero-order chi connectivity index (χ0) is 32.3. The number of hydrogen-bond acceptors (Lipinski definition) is 5. The van der Waals surface area contributed by atoms with Crippen molar-refractivity contribution in [2.75, 3.05) is 57.5 Å². The fraction of sp³-hybridized carbons (Fsp3) is 0.231. The molecular formula is C39H42BN3O4. The molecule has 7 rings (SSSR count). The lowest BCUT2D eigenvalue weighted by molar-refractivity contribution is -0.873. The van der Waals surface area contributed by atoms with Crippen LogP contribution >= 0.6 is 0 Å². The molecule has 0 bridgehead atoms. The van der Waals surface area contributed by atoms with Crippen molar-refractivity contribution >= 4 is 39.8 Å². The third kappa shape index (κ3) is 7.40. The van der Waals surface area contributed by atoms with Crippen LogP contribution in [0.25, 0.3) is 0 Å². The average molecular weight is 628 g/mol. The van der Waals surface area contributed by atoms with Crippen molar-refractivity contribution in [2.24, 2.45) is 0 Å². The minimum Gasteiger partial charge on any atom is -0.378 e. The van der Waals surface area contributed by atoms with Gasteiger partial charge in [0.2, 0.25) is 11.9 Å². The summed E-state index contributed by atoms with van der Waals surface area (Å²) < 4.78 is 12.1. The standard InChI is InChI=1S/C24H20B.C15H22N3O4/c1-5-13-21(14-6-1)25(22-15-7-2-8-16-22,23-17-9-3-10-18-23)24-19-11-4-12-20-24;1-13-12-14(16-4-8-20-9-5-16)2-3-18(13)22-15(19)17-6-10-21-11-7-17/h1-20H;2-3,12H,4-11H2,1H3/q-1;+1. The third-order valence-corrected chi connectivity index (χ3v) is 9.11. The van der Waals surface area contributed by atoms with Gasteiger partial charge in [-0.1, -0.05) is 121 Å². The van der Waals surface area contributed by atoms with Gasteiger partial charge in [-0.05, 0) is 0 Å². The third-order valence-electron chi connectivity index (χ3n) is 9.11. The Bertz CT molecular complexity index is 1530. The number of morpholine rings is 2. The molecule has 5 aromatic rings. The number of carbonyl (C=O) groups is 1. The largest absolute Gasteiger partial charge is 0.478 e. The number of hydrogen-bond donors (Lipinski definition) is 0. The van der Waals surface area contributed by atoms with E-state index in [1.54, 1.807) is 11.1 Å². The second-order valence-corrected chi connectivity index (χ2v) is 11.9. The van der Waals surface area contributed by atoms with Crippen LogP contribution in [0.2, 0.25) is 0 Å². The maximum Gasteiger partial charge on any atom is 0.478 e. The smallest absolute Gasteiger partial charge is 0.378 e. The highest BCUT2D eigenvalue weighted by Gasteiger charge is 2.31. The highest BCUT2D eigenvalue weighted by Crippen LogP contribution is 2.15. The van der Waals surface area contributed by atoms with Gasteiger partial charge in [0.1, 0.15) is 6.15 Å². The Balaban J connectivity index is 0.000000166. The van der Waals surface area contributed by atoms with Crippen molar-refractivity contribution < 1.29 is 23.8 Å². The van der Waals surface area contributed by atoms with E-state index in [0.29, 0.717) is 26.3 Å². The minimum atomic E-state index is -1.22. The number of ether oxygens (including phenoxy) is 2. The number of anilines is 1. The van der Waals surface area contributed by atoms with Crippen LogP contribution in [-0.2, 0) is 9.47 Å². The highest BCUT2D eigenvalue weighted by molar-refractivity contribution is 7.19. The van der Waals surface area contributed by atoms with Crippen molar-refractivity contribution in [3.63, 3.8) is 0 Å². The Hall–Kier alpha value is -4.92. The zero-order valence-electron chi connectivity index (χ0n) is 27.0. The number of aryl methyl sites for hydroxylation is 1. The first kappa shape index (κ1) is 32.0. The van der Waals surface area contributed by atoms with E-state index >= 15 is 0 Å². The van der Waals surface area contributed by atoms with Gasteiger partial charge in [0, 0.05) is 55.7 Å². The molecule has 1 aromatic heterocycles. The van der Waals surface area contributed by atoms with Gasteiger partial charge in [-0.15, -0.1) is 0 Å². The van der Waals surface area contributed by atoms with Crippen LogP contribution in [0.3, 0.4) is 0 Å². The Kier molecular flexibility index (Phi) is 10.6. The molecule has 7 nitrogen and oxygen atoms in total. The second kappa shape index (κ2) is 15.6. The molecule has 0 atom stereocenters. The molecule has 0 radical (unpaired) electrons. The second-order valence-electron chi connectivity index (χ2n) is 11.9. The topological polar surface area (TPSA) is 55.1 Å². The Labute approximate surface area is 277 Å². The highest BCUT2D eigenvalue weighted by atomic mass is 16.7. The first-order valence-corrected chi connectivity index (χ1v) is 16.4. The van der Waals surface area contributed by atoms with Gasteiger partial charge in [-0.3, -0.25) is 4.90 Å². The molecule has 0 spiro atoms. The normalized spacial score (nSPS) is 14.9. The first-order valence-electron chi connectivity index (χ1n) is 16.4. The van der Waals surface area contributed by atoms with E-state index in [1.807, 2.05) is 19.1 Å². The summed E-state index contributed by atoms with van der Waals surface area (Å²) in [7, 11) is 0. The Morgan fingerprint density at radius 1 is 0.617 bits per heavy atom. The molecule has 3 heterocycles. The van der Waals surface area contributed by atoms with E-state index < -0.39 is 6.15 Å². The van der Waals surface area contributed by atoms with E-state index in [2.05, 4.69) is 126 Å². The molecule has 0 aliphatic carbocycles. The van der Waals surface area contributed by atoms with Gasteiger partial charge in [0.15, 0.2) is 0 Å². The van der Waals surface area contributed by atoms with Crippen molar-refractivity contribution in [3.8, 4) is 0 Å². The molecule has 2 aliphatic rings. The summed E-state index contributed by atoms with van der Waals surface area (Å²) in [6.45, 7) is 7.47. The van der Waals surface area contributed by atoms with Gasteiger partial charge in [-0.2, -0.15) is 26.7 Å². The van der Waals surface area contributed by atoms with Crippen LogP contribution in [0.15, 0.2) is 140 Å². The van der Waals surface area contributed by atoms with Crippen molar-refractivity contribution in [3.05, 3.63) is 145 Å². The van der Waals surface area contributed by atoms with Crippen LogP contribution in [0, 0.1) is 6.92 Å². The van der Waals surface area contributed by atoms with Gasteiger partial charge < -0.3 is 14.4 Å². The molecule has 0 saturated carbocycles. The molecular weight excluding hydrogens is 585 g/mol. The molecule has 2 saturated heterocycles. The summed E-state index contributed by atoms with van der Waals surface area (Å²) in [5.41, 5.74) is 7.36. The lowest BCUT2D eigenvalue weighted by Crippen LogP contribution is -2.74. The zero-order valence-corrected chi connectivity index (χ0v) is 27.0. The quantitative estimate of drug-likeness (QED) is 0.214. The lowest BCUT2D eigenvalue weighted by atomic mass is 9.13. The van der Waals surface area contributed by atoms with Crippen LogP contribution in [0.4, 0.5) is 10.5 Å². The number of carbonyl (C=O) groups excluding carboxylic acids is 1.